The maximum absolute atomic E-state index is 14.8. The predicted octanol–water partition coefficient (Wildman–Crippen LogP) is -3.06. The van der Waals surface area contributed by atoms with Crippen LogP contribution in [0.4, 0.5) is 0 Å². The minimum absolute atomic E-state index is 0.0185. The van der Waals surface area contributed by atoms with E-state index in [1.54, 1.807) is 111 Å². The van der Waals surface area contributed by atoms with Crippen LogP contribution in [0, 0.1) is 11.8 Å². The molecule has 36 heteroatoms. The van der Waals surface area contributed by atoms with Crippen molar-refractivity contribution in [1.29, 1.82) is 0 Å². The predicted molar refractivity (Wildman–Crippen MR) is 410 cm³/mol. The molecule has 1 fully saturated rings. The lowest BCUT2D eigenvalue weighted by atomic mass is 10.00. The molecule has 12 amide bonds. The molecular weight excluding hydrogens is 1440 g/mol. The fraction of sp³-hybridized carbons (Fsp3) is 0.473. The number of aliphatic hydroxyl groups excluding tert-OH is 2. The molecule has 596 valence electrons. The van der Waals surface area contributed by atoms with Crippen LogP contribution in [0.15, 0.2) is 107 Å². The largest absolute Gasteiger partial charge is 0.391 e. The third-order valence-electron chi connectivity index (χ3n) is 17.7. The first-order valence-electron chi connectivity index (χ1n) is 36.4. The monoisotopic (exact) mass is 1540 g/mol. The third-order valence-corrected chi connectivity index (χ3v) is 18.8. The topological polar surface area (TPSA) is 568 Å². The highest BCUT2D eigenvalue weighted by atomic mass is 32.2. The number of fused-ring (bicyclic) bond motifs is 1. The molecular formula is C74H104N20O15S. The number of nitrogens with zero attached hydrogens (tertiary/aromatic N) is 3. The summed E-state index contributed by atoms with van der Waals surface area (Å²) in [6, 6.07) is 10.5. The van der Waals surface area contributed by atoms with Crippen molar-refractivity contribution in [3.63, 3.8) is 0 Å². The minimum atomic E-state index is -1.86. The summed E-state index contributed by atoms with van der Waals surface area (Å²) < 4.78 is 1.18. The van der Waals surface area contributed by atoms with Crippen molar-refractivity contribution in [2.75, 3.05) is 46.3 Å². The summed E-state index contributed by atoms with van der Waals surface area (Å²) in [5.74, 6) is -12.9. The van der Waals surface area contributed by atoms with E-state index in [1.165, 1.54) is 37.3 Å². The zero-order chi connectivity index (χ0) is 80.7. The molecule has 3 heterocycles. The first-order chi connectivity index (χ1) is 52.5. The molecule has 2 aromatic heterocycles. The summed E-state index contributed by atoms with van der Waals surface area (Å²) in [4.78, 5) is 190. The van der Waals surface area contributed by atoms with Gasteiger partial charge in [-0.15, -0.1) is 0 Å². The number of nitrogens with one attached hydrogen (secondary N) is 12. The van der Waals surface area contributed by atoms with Gasteiger partial charge >= 0.3 is 0 Å². The van der Waals surface area contributed by atoms with E-state index in [1.807, 2.05) is 12.1 Å². The van der Waals surface area contributed by atoms with E-state index in [0.717, 1.165) is 6.92 Å². The molecule has 1 saturated heterocycles. The van der Waals surface area contributed by atoms with Crippen LogP contribution in [0.5, 0.6) is 0 Å². The third kappa shape index (κ3) is 26.3. The quantitative estimate of drug-likeness (QED) is 0.0209. The van der Waals surface area contributed by atoms with E-state index in [2.05, 4.69) is 73.9 Å². The molecule has 3 aromatic carbocycles. The van der Waals surface area contributed by atoms with Crippen LogP contribution in [0.25, 0.3) is 23.1 Å². The Labute approximate surface area is 641 Å². The van der Waals surface area contributed by atoms with Crippen LogP contribution in [0.2, 0.25) is 0 Å². The molecule has 110 heavy (non-hydrogen) atoms. The van der Waals surface area contributed by atoms with Crippen molar-refractivity contribution in [2.24, 2.45) is 40.5 Å². The molecule has 24 N–H and O–H groups in total. The maximum atomic E-state index is 14.8. The second-order valence-electron chi connectivity index (χ2n) is 27.0. The number of rotatable bonds is 31. The zero-order valence-electron chi connectivity index (χ0n) is 62.4. The molecule has 5 aromatic rings. The normalized spacial score (nSPS) is 20.3. The van der Waals surface area contributed by atoms with Gasteiger partial charge in [0, 0.05) is 53.7 Å². The fourth-order valence-electron chi connectivity index (χ4n) is 11.8. The molecule has 6 rings (SSSR count). The number of pyridine rings is 1. The Kier molecular flexibility index (Phi) is 35.4. The highest BCUT2D eigenvalue weighted by molar-refractivity contribution is 7.99. The Balaban J connectivity index is 1.24. The molecule has 1 unspecified atom stereocenters. The van der Waals surface area contributed by atoms with Gasteiger partial charge in [-0.25, -0.2) is 0 Å². The zero-order valence-corrected chi connectivity index (χ0v) is 63.2. The molecule has 1 aliphatic heterocycles. The van der Waals surface area contributed by atoms with Crippen LogP contribution in [0.3, 0.4) is 0 Å². The number of amides is 12. The van der Waals surface area contributed by atoms with Gasteiger partial charge < -0.3 is 103 Å². The molecule has 0 radical (unpaired) electrons. The lowest BCUT2D eigenvalue weighted by Gasteiger charge is -2.29. The van der Waals surface area contributed by atoms with Gasteiger partial charge in [0.25, 0.3) is 11.8 Å². The van der Waals surface area contributed by atoms with Crippen molar-refractivity contribution in [2.45, 2.75) is 175 Å². The van der Waals surface area contributed by atoms with Crippen molar-refractivity contribution < 1.29 is 72.5 Å². The van der Waals surface area contributed by atoms with E-state index >= 15 is 0 Å². The maximum Gasteiger partial charge on any atom is 0.252 e. The summed E-state index contributed by atoms with van der Waals surface area (Å²) in [6.45, 7) is 5.83. The van der Waals surface area contributed by atoms with E-state index in [-0.39, 0.29) is 89.5 Å². The minimum Gasteiger partial charge on any atom is -0.391 e. The molecule has 1 aliphatic rings. The first kappa shape index (κ1) is 88.3. The Morgan fingerprint density at radius 2 is 1.17 bits per heavy atom. The Hall–Kier alpha value is -10.6. The van der Waals surface area contributed by atoms with Gasteiger partial charge in [0.05, 0.1) is 34.7 Å². The van der Waals surface area contributed by atoms with Gasteiger partial charge in [-0.05, 0) is 158 Å². The van der Waals surface area contributed by atoms with Gasteiger partial charge in [0.1, 0.15) is 60.4 Å². The van der Waals surface area contributed by atoms with Gasteiger partial charge in [-0.2, -0.15) is 9.78 Å². The number of aliphatic hydroxyl groups is 2. The summed E-state index contributed by atoms with van der Waals surface area (Å²) in [7, 11) is 1.52. The van der Waals surface area contributed by atoms with E-state index in [4.69, 9.17) is 28.7 Å². The van der Waals surface area contributed by atoms with Gasteiger partial charge in [-0.1, -0.05) is 81.1 Å². The molecule has 0 saturated carbocycles. The average molecular weight is 1550 g/mol. The Bertz CT molecular complexity index is 4030. The molecule has 35 nitrogen and oxygen atoms in total. The second-order valence-corrected chi connectivity index (χ2v) is 28.1. The lowest BCUT2D eigenvalue weighted by Crippen LogP contribution is -2.62. The molecule has 0 spiro atoms. The van der Waals surface area contributed by atoms with Gasteiger partial charge in [-0.3, -0.25) is 67.3 Å². The SMILES string of the molecule is CNC(=O)c1ccccc1Sc1ccc2c(/C=C/c3ccccn3)nn(C(=O)C(C)CC(=O)N[C@@H](CCN)C(=O)N[C@H](C(=O)N[C@@H](CCN)C(=O)N[C@H]3CCNC(=O)[C@H]([C@@H](C)O)NC(=O)[C@H](CCN)NC(=O)[C@H](CCN)NC(=O)[C@H](CC(C)C)NC(=O)[C@@H](Cc4ccccc4)NC(=O)[C@H](CCN)NC3=O)[C@@H](C)O)c2c1. The summed E-state index contributed by atoms with van der Waals surface area (Å²) in [5, 5.41) is 57.9. The van der Waals surface area contributed by atoms with E-state index in [0.29, 0.717) is 43.2 Å². The van der Waals surface area contributed by atoms with Gasteiger partial charge in [0.15, 0.2) is 0 Å². The van der Waals surface area contributed by atoms with Crippen molar-refractivity contribution in [3.05, 3.63) is 120 Å². The number of aromatic nitrogens is 3. The number of carbonyl (C=O) groups excluding carboxylic acids is 13. The molecule has 0 bridgehead atoms. The fourth-order valence-corrected chi connectivity index (χ4v) is 12.8. The lowest BCUT2D eigenvalue weighted by molar-refractivity contribution is -0.137. The highest BCUT2D eigenvalue weighted by Gasteiger charge is 2.38. The van der Waals surface area contributed by atoms with E-state index < -0.39 is 169 Å². The number of nitrogens with two attached hydrogens (primary N) is 5. The van der Waals surface area contributed by atoms with Crippen LogP contribution >= 0.6 is 11.8 Å². The van der Waals surface area contributed by atoms with Gasteiger partial charge in [0.2, 0.25) is 65.0 Å². The number of carbonyl (C=O) groups is 13. The van der Waals surface area contributed by atoms with Crippen molar-refractivity contribution in [1.82, 2.24) is 78.6 Å². The van der Waals surface area contributed by atoms with Crippen LogP contribution in [-0.2, 0) is 59.2 Å². The standard InChI is InChI=1S/C74H104N20O15S/c1-40(2)36-56-70(105)86-51(24-30-76)64(99)85-54(27-33-79)69(104)91-61(42(4)95)72(107)82-35-28-55(67(102)84-52(25-31-77)66(101)90-57(71(106)89-56)38-44-14-8-7-9-15-44)87-65(100)53(26-32-78)88-73(108)62(43(5)96)92-68(103)50(23-29-75)83-60(97)37-41(3)74(109)94-58-39-46(110-59-18-11-10-17-48(59)63(98)80-6)20-21-47(58)49(93-94)22-19-45-16-12-13-34-81-45/h7-22,34,39-43,50-57,61-62,95-96H,23-33,35-38,75-79H2,1-6H3,(H,80,98)(H,82,107)(H,83,97)(H,84,102)(H,85,99)(H,86,105)(H,87,100)(H,88,108)(H,89,106)(H,90,101)(H,91,104)(H,92,103)/b22-19+/t41?,42-,43-,50+,51+,52+,53+,54+,55+,56+,57-,61+,62+/m1/s1. The number of benzene rings is 3. The Morgan fingerprint density at radius 1 is 0.609 bits per heavy atom. The highest BCUT2D eigenvalue weighted by Crippen LogP contribution is 2.34. The van der Waals surface area contributed by atoms with Crippen LogP contribution in [0.1, 0.15) is 118 Å². The van der Waals surface area contributed by atoms with E-state index in [9.17, 15) is 72.5 Å². The molecule has 13 atom stereocenters. The smallest absolute Gasteiger partial charge is 0.252 e. The summed E-state index contributed by atoms with van der Waals surface area (Å²) in [5.41, 5.74) is 32.1. The second kappa shape index (κ2) is 44.2. The molecule has 0 aliphatic carbocycles. The first-order valence-corrected chi connectivity index (χ1v) is 37.2. The summed E-state index contributed by atoms with van der Waals surface area (Å²) >= 11 is 1.28. The van der Waals surface area contributed by atoms with Crippen molar-refractivity contribution >= 4 is 112 Å². The Morgan fingerprint density at radius 3 is 1.75 bits per heavy atom. The number of hydrogen-bond acceptors (Lipinski definition) is 23. The number of hydrogen-bond donors (Lipinski definition) is 19. The van der Waals surface area contributed by atoms with Crippen molar-refractivity contribution in [3.8, 4) is 0 Å². The average Bonchev–Trinajstić information content (AvgIpc) is 1.10. The van der Waals surface area contributed by atoms with Crippen LogP contribution < -0.4 is 92.5 Å². The summed E-state index contributed by atoms with van der Waals surface area (Å²) in [6.07, 6.45) is -0.619. The van der Waals surface area contributed by atoms with Crippen LogP contribution in [-0.4, -0.2) is 221 Å².